The first-order valence-electron chi connectivity index (χ1n) is 5.33. The fourth-order valence-electron chi connectivity index (χ4n) is 1.92. The van der Waals surface area contributed by atoms with Gasteiger partial charge in [-0.3, -0.25) is 0 Å². The Morgan fingerprint density at radius 1 is 1.06 bits per heavy atom. The number of benzene rings is 1. The first kappa shape index (κ1) is 9.16. The molecule has 2 heterocycles. The summed E-state index contributed by atoms with van der Waals surface area (Å²) in [6.45, 7) is 2.11. The minimum absolute atomic E-state index is 0.983. The molecule has 0 saturated heterocycles. The second-order valence-electron chi connectivity index (χ2n) is 3.98. The van der Waals surface area contributed by atoms with Crippen LogP contribution in [-0.4, -0.2) is 9.38 Å². The number of aryl methyl sites for hydroxylation is 1. The van der Waals surface area contributed by atoms with Gasteiger partial charge in [0.25, 0.3) is 0 Å². The lowest BCUT2D eigenvalue weighted by Crippen LogP contribution is -1.85. The van der Waals surface area contributed by atoms with Gasteiger partial charge in [-0.25, -0.2) is 4.98 Å². The second-order valence-corrected chi connectivity index (χ2v) is 3.98. The molecule has 0 aliphatic heterocycles. The van der Waals surface area contributed by atoms with Crippen molar-refractivity contribution in [3.05, 3.63) is 60.6 Å². The largest absolute Gasteiger partial charge is 0.306 e. The van der Waals surface area contributed by atoms with Crippen LogP contribution in [0.3, 0.4) is 0 Å². The van der Waals surface area contributed by atoms with E-state index in [2.05, 4.69) is 48.4 Å². The average molecular weight is 208 g/mol. The minimum atomic E-state index is 0.983. The Morgan fingerprint density at radius 3 is 2.88 bits per heavy atom. The average Bonchev–Trinajstić information content (AvgIpc) is 2.75. The van der Waals surface area contributed by atoms with E-state index in [1.807, 2.05) is 22.9 Å². The van der Waals surface area contributed by atoms with Crippen LogP contribution in [0.5, 0.6) is 0 Å². The molecule has 0 spiro atoms. The van der Waals surface area contributed by atoms with Gasteiger partial charge in [0, 0.05) is 18.6 Å². The van der Waals surface area contributed by atoms with E-state index >= 15 is 0 Å². The molecule has 16 heavy (non-hydrogen) atoms. The van der Waals surface area contributed by atoms with E-state index in [0.717, 1.165) is 5.65 Å². The molecule has 0 atom stereocenters. The highest BCUT2D eigenvalue weighted by Crippen LogP contribution is 2.20. The van der Waals surface area contributed by atoms with E-state index in [1.165, 1.54) is 16.7 Å². The predicted octanol–water partition coefficient (Wildman–Crippen LogP) is 3.31. The van der Waals surface area contributed by atoms with Crippen LogP contribution in [0.2, 0.25) is 0 Å². The van der Waals surface area contributed by atoms with E-state index in [-0.39, 0.29) is 0 Å². The number of pyridine rings is 1. The number of rotatable bonds is 1. The monoisotopic (exact) mass is 208 g/mol. The lowest BCUT2D eigenvalue weighted by Gasteiger charge is -2.03. The Morgan fingerprint density at radius 2 is 2.00 bits per heavy atom. The van der Waals surface area contributed by atoms with Gasteiger partial charge in [0.1, 0.15) is 5.65 Å². The molecule has 0 amide bonds. The van der Waals surface area contributed by atoms with Crippen molar-refractivity contribution in [3.63, 3.8) is 0 Å². The number of hydrogen-bond donors (Lipinski definition) is 0. The van der Waals surface area contributed by atoms with Crippen LogP contribution in [0, 0.1) is 6.92 Å². The van der Waals surface area contributed by atoms with E-state index < -0.39 is 0 Å². The highest BCUT2D eigenvalue weighted by Gasteiger charge is 1.99. The Bertz CT molecular complexity index is 638. The quantitative estimate of drug-likeness (QED) is 0.599. The Labute approximate surface area is 94.2 Å². The van der Waals surface area contributed by atoms with Gasteiger partial charge in [-0.15, -0.1) is 0 Å². The van der Waals surface area contributed by atoms with Crippen molar-refractivity contribution in [1.29, 1.82) is 0 Å². The van der Waals surface area contributed by atoms with Gasteiger partial charge in [-0.1, -0.05) is 29.8 Å². The van der Waals surface area contributed by atoms with Crippen LogP contribution in [0.15, 0.2) is 55.0 Å². The van der Waals surface area contributed by atoms with Crippen molar-refractivity contribution in [2.24, 2.45) is 0 Å². The normalized spacial score (nSPS) is 10.8. The SMILES string of the molecule is Cc1cccc(-c2ccc3nccn3c2)c1. The lowest BCUT2D eigenvalue weighted by molar-refractivity contribution is 1.19. The zero-order valence-corrected chi connectivity index (χ0v) is 9.09. The van der Waals surface area contributed by atoms with Crippen molar-refractivity contribution in [1.82, 2.24) is 9.38 Å². The van der Waals surface area contributed by atoms with Gasteiger partial charge in [-0.05, 0) is 30.2 Å². The molecular weight excluding hydrogens is 196 g/mol. The molecular formula is C14H12N2. The molecule has 2 nitrogen and oxygen atoms in total. The van der Waals surface area contributed by atoms with Gasteiger partial charge in [0.15, 0.2) is 0 Å². The second kappa shape index (κ2) is 3.49. The zero-order chi connectivity index (χ0) is 11.0. The van der Waals surface area contributed by atoms with Crippen molar-refractivity contribution in [2.75, 3.05) is 0 Å². The fraction of sp³-hybridized carbons (Fsp3) is 0.0714. The smallest absolute Gasteiger partial charge is 0.136 e. The summed E-state index contributed by atoms with van der Waals surface area (Å²) in [5.41, 5.74) is 4.73. The predicted molar refractivity (Wildman–Crippen MR) is 65.4 cm³/mol. The number of fused-ring (bicyclic) bond motifs is 1. The van der Waals surface area contributed by atoms with Gasteiger partial charge in [0.05, 0.1) is 0 Å². The summed E-state index contributed by atoms with van der Waals surface area (Å²) < 4.78 is 2.04. The van der Waals surface area contributed by atoms with Gasteiger partial charge < -0.3 is 4.40 Å². The topological polar surface area (TPSA) is 17.3 Å². The number of hydrogen-bond acceptors (Lipinski definition) is 1. The molecule has 1 aromatic carbocycles. The van der Waals surface area contributed by atoms with Crippen LogP contribution in [0.1, 0.15) is 5.56 Å². The van der Waals surface area contributed by atoms with Crippen LogP contribution in [0.25, 0.3) is 16.8 Å². The van der Waals surface area contributed by atoms with Gasteiger partial charge in [-0.2, -0.15) is 0 Å². The Balaban J connectivity index is 2.18. The molecule has 2 heteroatoms. The van der Waals surface area contributed by atoms with Gasteiger partial charge >= 0.3 is 0 Å². The first-order chi connectivity index (χ1) is 7.83. The maximum Gasteiger partial charge on any atom is 0.136 e. The molecule has 0 fully saturated rings. The first-order valence-corrected chi connectivity index (χ1v) is 5.33. The molecule has 3 aromatic rings. The zero-order valence-electron chi connectivity index (χ0n) is 9.09. The highest BCUT2D eigenvalue weighted by atomic mass is 15.0. The summed E-state index contributed by atoms with van der Waals surface area (Å²) >= 11 is 0. The van der Waals surface area contributed by atoms with Crippen molar-refractivity contribution >= 4 is 5.65 Å². The molecule has 3 rings (SSSR count). The molecule has 0 saturated carbocycles. The molecule has 0 aliphatic carbocycles. The highest BCUT2D eigenvalue weighted by molar-refractivity contribution is 5.65. The van der Waals surface area contributed by atoms with E-state index in [0.29, 0.717) is 0 Å². The summed E-state index contributed by atoms with van der Waals surface area (Å²) in [4.78, 5) is 4.23. The van der Waals surface area contributed by atoms with Crippen LogP contribution in [0.4, 0.5) is 0 Å². The third-order valence-electron chi connectivity index (χ3n) is 2.74. The van der Waals surface area contributed by atoms with E-state index in [9.17, 15) is 0 Å². The summed E-state index contributed by atoms with van der Waals surface area (Å²) in [6.07, 6.45) is 5.89. The van der Waals surface area contributed by atoms with E-state index in [4.69, 9.17) is 0 Å². The number of nitrogens with zero attached hydrogens (tertiary/aromatic N) is 2. The third-order valence-corrected chi connectivity index (χ3v) is 2.74. The fourth-order valence-corrected chi connectivity index (χ4v) is 1.92. The Hall–Kier alpha value is -2.09. The van der Waals surface area contributed by atoms with Crippen molar-refractivity contribution in [2.45, 2.75) is 6.92 Å². The maximum absolute atomic E-state index is 4.23. The summed E-state index contributed by atoms with van der Waals surface area (Å²) in [5, 5.41) is 0. The maximum atomic E-state index is 4.23. The van der Waals surface area contributed by atoms with Crippen molar-refractivity contribution in [3.8, 4) is 11.1 Å². The van der Waals surface area contributed by atoms with E-state index in [1.54, 1.807) is 0 Å². The summed E-state index contributed by atoms with van der Waals surface area (Å²) in [5.74, 6) is 0. The number of aromatic nitrogens is 2. The van der Waals surface area contributed by atoms with Crippen LogP contribution < -0.4 is 0 Å². The standard InChI is InChI=1S/C14H12N2/c1-11-3-2-4-12(9-11)13-5-6-14-15-7-8-16(14)10-13/h2-10H,1H3. The molecule has 0 aliphatic rings. The molecule has 0 radical (unpaired) electrons. The third kappa shape index (κ3) is 1.48. The molecule has 78 valence electrons. The minimum Gasteiger partial charge on any atom is -0.306 e. The summed E-state index contributed by atoms with van der Waals surface area (Å²) in [7, 11) is 0. The van der Waals surface area contributed by atoms with Gasteiger partial charge in [0.2, 0.25) is 0 Å². The number of imidazole rings is 1. The molecule has 0 unspecified atom stereocenters. The van der Waals surface area contributed by atoms with Crippen LogP contribution >= 0.6 is 0 Å². The molecule has 0 bridgehead atoms. The lowest BCUT2D eigenvalue weighted by atomic mass is 10.1. The van der Waals surface area contributed by atoms with Crippen molar-refractivity contribution < 1.29 is 0 Å². The molecule has 2 aromatic heterocycles. The Kier molecular flexibility index (Phi) is 2.00. The molecule has 0 N–H and O–H groups in total. The van der Waals surface area contributed by atoms with Crippen LogP contribution in [-0.2, 0) is 0 Å². The summed E-state index contributed by atoms with van der Waals surface area (Å²) in [6, 6.07) is 12.7.